The molecule has 5 heteroatoms. The van der Waals surface area contributed by atoms with Crippen LogP contribution in [0.4, 0.5) is 0 Å². The molecular formula is C12H25N3O2. The van der Waals surface area contributed by atoms with Gasteiger partial charge in [0.25, 0.3) is 0 Å². The fraction of sp³-hybridized carbons (Fsp3) is 0.917. The maximum Gasteiger partial charge on any atom is 0.239 e. The highest BCUT2D eigenvalue weighted by molar-refractivity contribution is 5.81. The van der Waals surface area contributed by atoms with Gasteiger partial charge in [0.15, 0.2) is 0 Å². The van der Waals surface area contributed by atoms with Crippen LogP contribution in [0.1, 0.15) is 25.7 Å². The van der Waals surface area contributed by atoms with Gasteiger partial charge in [0.05, 0.1) is 6.61 Å². The van der Waals surface area contributed by atoms with E-state index in [0.29, 0.717) is 6.04 Å². The second-order valence-electron chi connectivity index (χ2n) is 5.05. The molecule has 0 saturated heterocycles. The molecule has 0 radical (unpaired) electrons. The van der Waals surface area contributed by atoms with Crippen molar-refractivity contribution in [2.45, 2.75) is 43.8 Å². The standard InChI is InChI=1S/C12H25N3O2/c1-15(2)10-6-4-5-9(7-10)14-12(16)11(13)8-17-3/h9-11H,4-8,13H2,1-3H3,(H,14,16). The molecule has 1 fully saturated rings. The van der Waals surface area contributed by atoms with Gasteiger partial charge in [-0.05, 0) is 39.8 Å². The van der Waals surface area contributed by atoms with Crippen LogP contribution in [0.3, 0.4) is 0 Å². The Labute approximate surface area is 104 Å². The van der Waals surface area contributed by atoms with Crippen LogP contribution in [0.25, 0.3) is 0 Å². The maximum atomic E-state index is 11.7. The fourth-order valence-electron chi connectivity index (χ4n) is 2.33. The Balaban J connectivity index is 2.38. The van der Waals surface area contributed by atoms with Crippen molar-refractivity contribution in [2.24, 2.45) is 5.73 Å². The first-order valence-corrected chi connectivity index (χ1v) is 6.26. The molecule has 1 amide bonds. The molecule has 0 aromatic rings. The van der Waals surface area contributed by atoms with Crippen molar-refractivity contribution < 1.29 is 9.53 Å². The highest BCUT2D eigenvalue weighted by Crippen LogP contribution is 2.21. The number of nitrogens with zero attached hydrogens (tertiary/aromatic N) is 1. The molecule has 17 heavy (non-hydrogen) atoms. The van der Waals surface area contributed by atoms with Crippen LogP contribution in [-0.2, 0) is 9.53 Å². The average molecular weight is 243 g/mol. The van der Waals surface area contributed by atoms with Gasteiger partial charge in [-0.25, -0.2) is 0 Å². The molecule has 1 aliphatic rings. The number of amides is 1. The van der Waals surface area contributed by atoms with Gasteiger partial charge >= 0.3 is 0 Å². The van der Waals surface area contributed by atoms with E-state index >= 15 is 0 Å². The van der Waals surface area contributed by atoms with E-state index in [1.165, 1.54) is 6.42 Å². The van der Waals surface area contributed by atoms with Gasteiger partial charge in [-0.15, -0.1) is 0 Å². The Morgan fingerprint density at radius 1 is 1.53 bits per heavy atom. The Kier molecular flexibility index (Phi) is 5.88. The smallest absolute Gasteiger partial charge is 0.239 e. The predicted molar refractivity (Wildman–Crippen MR) is 67.7 cm³/mol. The summed E-state index contributed by atoms with van der Waals surface area (Å²) in [6.07, 6.45) is 4.44. The lowest BCUT2D eigenvalue weighted by molar-refractivity contribution is -0.124. The first kappa shape index (κ1) is 14.4. The third kappa shape index (κ3) is 4.61. The number of rotatable bonds is 5. The summed E-state index contributed by atoms with van der Waals surface area (Å²) in [5.41, 5.74) is 5.69. The molecule has 0 bridgehead atoms. The molecule has 1 saturated carbocycles. The van der Waals surface area contributed by atoms with Crippen LogP contribution < -0.4 is 11.1 Å². The fourth-order valence-corrected chi connectivity index (χ4v) is 2.33. The Morgan fingerprint density at radius 3 is 2.82 bits per heavy atom. The van der Waals surface area contributed by atoms with Gasteiger partial charge in [-0.2, -0.15) is 0 Å². The van der Waals surface area contributed by atoms with Gasteiger partial charge in [0.2, 0.25) is 5.91 Å². The van der Waals surface area contributed by atoms with Crippen molar-refractivity contribution in [3.8, 4) is 0 Å². The molecule has 100 valence electrons. The number of methoxy groups -OCH3 is 1. The SMILES string of the molecule is COCC(N)C(=O)NC1CCCC(N(C)C)C1. The van der Waals surface area contributed by atoms with Crippen molar-refractivity contribution in [1.29, 1.82) is 0 Å². The van der Waals surface area contributed by atoms with E-state index in [-0.39, 0.29) is 18.6 Å². The van der Waals surface area contributed by atoms with E-state index < -0.39 is 6.04 Å². The zero-order chi connectivity index (χ0) is 12.8. The van der Waals surface area contributed by atoms with Crippen LogP contribution in [0.15, 0.2) is 0 Å². The zero-order valence-corrected chi connectivity index (χ0v) is 11.1. The van der Waals surface area contributed by atoms with E-state index in [1.807, 2.05) is 0 Å². The largest absolute Gasteiger partial charge is 0.383 e. The lowest BCUT2D eigenvalue weighted by atomic mass is 9.90. The molecule has 3 unspecified atom stereocenters. The minimum absolute atomic E-state index is 0.101. The van der Waals surface area contributed by atoms with Crippen molar-refractivity contribution in [3.05, 3.63) is 0 Å². The number of hydrogen-bond donors (Lipinski definition) is 2. The van der Waals surface area contributed by atoms with Crippen molar-refractivity contribution in [1.82, 2.24) is 10.2 Å². The molecule has 0 heterocycles. The Morgan fingerprint density at radius 2 is 2.24 bits per heavy atom. The number of carbonyl (C=O) groups excluding carboxylic acids is 1. The Bertz CT molecular complexity index is 246. The molecule has 1 aliphatic carbocycles. The topological polar surface area (TPSA) is 67.6 Å². The predicted octanol–water partition coefficient (Wildman–Crippen LogP) is -0.0509. The number of nitrogens with one attached hydrogen (secondary N) is 1. The van der Waals surface area contributed by atoms with Gasteiger partial charge in [0, 0.05) is 19.2 Å². The van der Waals surface area contributed by atoms with E-state index in [4.69, 9.17) is 10.5 Å². The van der Waals surface area contributed by atoms with Gasteiger partial charge in [-0.1, -0.05) is 0 Å². The van der Waals surface area contributed by atoms with Crippen molar-refractivity contribution in [3.63, 3.8) is 0 Å². The summed E-state index contributed by atoms with van der Waals surface area (Å²) in [6.45, 7) is 0.273. The van der Waals surface area contributed by atoms with E-state index in [9.17, 15) is 4.79 Å². The lowest BCUT2D eigenvalue weighted by Crippen LogP contribution is -2.50. The van der Waals surface area contributed by atoms with Gasteiger partial charge in [-0.3, -0.25) is 4.79 Å². The maximum absolute atomic E-state index is 11.7. The second-order valence-corrected chi connectivity index (χ2v) is 5.05. The van der Waals surface area contributed by atoms with Crippen molar-refractivity contribution in [2.75, 3.05) is 27.8 Å². The quantitative estimate of drug-likeness (QED) is 0.710. The minimum atomic E-state index is -0.556. The number of ether oxygens (including phenoxy) is 1. The summed E-state index contributed by atoms with van der Waals surface area (Å²) in [6, 6.07) is 0.263. The van der Waals surface area contributed by atoms with Crippen LogP contribution >= 0.6 is 0 Å². The molecule has 0 spiro atoms. The summed E-state index contributed by atoms with van der Waals surface area (Å²) >= 11 is 0. The first-order valence-electron chi connectivity index (χ1n) is 6.26. The second kappa shape index (κ2) is 6.93. The molecule has 3 atom stereocenters. The first-order chi connectivity index (χ1) is 8.04. The molecule has 0 aliphatic heterocycles. The average Bonchev–Trinajstić information content (AvgIpc) is 2.29. The van der Waals surface area contributed by atoms with E-state index in [1.54, 1.807) is 7.11 Å². The Hall–Kier alpha value is -0.650. The van der Waals surface area contributed by atoms with E-state index in [0.717, 1.165) is 19.3 Å². The molecule has 1 rings (SSSR count). The van der Waals surface area contributed by atoms with Crippen molar-refractivity contribution >= 4 is 5.91 Å². The summed E-state index contributed by atoms with van der Waals surface area (Å²) in [5, 5.41) is 3.02. The summed E-state index contributed by atoms with van der Waals surface area (Å²) in [4.78, 5) is 14.0. The van der Waals surface area contributed by atoms with Gasteiger partial charge in [0.1, 0.15) is 6.04 Å². The summed E-state index contributed by atoms with van der Waals surface area (Å²) in [5.74, 6) is -0.101. The zero-order valence-electron chi connectivity index (χ0n) is 11.1. The van der Waals surface area contributed by atoms with E-state index in [2.05, 4.69) is 24.3 Å². The summed E-state index contributed by atoms with van der Waals surface area (Å²) < 4.78 is 4.88. The van der Waals surface area contributed by atoms with Crippen LogP contribution in [-0.4, -0.2) is 56.7 Å². The van der Waals surface area contributed by atoms with Gasteiger partial charge < -0.3 is 20.7 Å². The normalized spacial score (nSPS) is 26.9. The highest BCUT2D eigenvalue weighted by Gasteiger charge is 2.25. The van der Waals surface area contributed by atoms with Crippen LogP contribution in [0.5, 0.6) is 0 Å². The molecule has 0 aromatic carbocycles. The monoisotopic (exact) mass is 243 g/mol. The number of hydrogen-bond acceptors (Lipinski definition) is 4. The number of nitrogens with two attached hydrogens (primary N) is 1. The third-order valence-corrected chi connectivity index (χ3v) is 3.41. The molecule has 5 nitrogen and oxygen atoms in total. The molecule has 3 N–H and O–H groups in total. The molecule has 0 aromatic heterocycles. The van der Waals surface area contributed by atoms with Crippen LogP contribution in [0.2, 0.25) is 0 Å². The minimum Gasteiger partial charge on any atom is -0.383 e. The molecular weight excluding hydrogens is 218 g/mol. The van der Waals surface area contributed by atoms with Crippen LogP contribution in [0, 0.1) is 0 Å². The third-order valence-electron chi connectivity index (χ3n) is 3.41. The lowest BCUT2D eigenvalue weighted by Gasteiger charge is -2.34. The highest BCUT2D eigenvalue weighted by atomic mass is 16.5. The number of carbonyl (C=O) groups is 1. The summed E-state index contributed by atoms with van der Waals surface area (Å²) in [7, 11) is 5.73.